The lowest BCUT2D eigenvalue weighted by molar-refractivity contribution is 0.910. The molecule has 3 nitrogen and oxygen atoms in total. The largest absolute Gasteiger partial charge is 0.322 e. The van der Waals surface area contributed by atoms with Gasteiger partial charge in [-0.2, -0.15) is 5.26 Å². The molecule has 1 saturated carbocycles. The summed E-state index contributed by atoms with van der Waals surface area (Å²) < 4.78 is 0. The number of nitrogens with one attached hydrogen (secondary N) is 1. The Labute approximate surface area is 98.7 Å². The van der Waals surface area contributed by atoms with Crippen LogP contribution in [-0.4, -0.2) is 4.98 Å². The van der Waals surface area contributed by atoms with Crippen molar-refractivity contribution in [3.05, 3.63) is 45.7 Å². The number of hydrogen-bond acceptors (Lipinski definition) is 2. The highest BCUT2D eigenvalue weighted by atomic mass is 16.1. The zero-order valence-corrected chi connectivity index (χ0v) is 9.58. The van der Waals surface area contributed by atoms with Crippen molar-refractivity contribution in [3.8, 4) is 6.07 Å². The molecule has 84 valence electrons. The Balaban J connectivity index is 2.24. The molecule has 1 aromatic heterocycles. The van der Waals surface area contributed by atoms with Crippen molar-refractivity contribution in [2.24, 2.45) is 0 Å². The van der Waals surface area contributed by atoms with E-state index in [0.29, 0.717) is 5.56 Å². The van der Waals surface area contributed by atoms with Crippen molar-refractivity contribution in [3.63, 3.8) is 0 Å². The van der Waals surface area contributed by atoms with Crippen molar-refractivity contribution in [1.82, 2.24) is 4.98 Å². The summed E-state index contributed by atoms with van der Waals surface area (Å²) >= 11 is 0. The van der Waals surface area contributed by atoms with Crippen molar-refractivity contribution < 1.29 is 0 Å². The highest BCUT2D eigenvalue weighted by molar-refractivity contribution is 5.80. The van der Waals surface area contributed by atoms with E-state index in [1.54, 1.807) is 6.92 Å². The van der Waals surface area contributed by atoms with Crippen LogP contribution < -0.4 is 5.56 Å². The van der Waals surface area contributed by atoms with E-state index in [1.807, 2.05) is 24.3 Å². The summed E-state index contributed by atoms with van der Waals surface area (Å²) in [5.41, 5.74) is 2.29. The van der Waals surface area contributed by atoms with Crippen LogP contribution in [0.4, 0.5) is 0 Å². The minimum atomic E-state index is -0.266. The monoisotopic (exact) mass is 224 g/mol. The lowest BCUT2D eigenvalue weighted by Crippen LogP contribution is -2.09. The van der Waals surface area contributed by atoms with Crippen LogP contribution >= 0.6 is 0 Å². The van der Waals surface area contributed by atoms with Crippen LogP contribution in [0.5, 0.6) is 0 Å². The van der Waals surface area contributed by atoms with Gasteiger partial charge in [0, 0.05) is 11.1 Å². The lowest BCUT2D eigenvalue weighted by Gasteiger charge is -2.07. The van der Waals surface area contributed by atoms with Gasteiger partial charge in [-0.1, -0.05) is 6.07 Å². The van der Waals surface area contributed by atoms with Gasteiger partial charge in [-0.05, 0) is 48.9 Å². The van der Waals surface area contributed by atoms with Crippen molar-refractivity contribution in [1.29, 1.82) is 5.26 Å². The molecule has 0 unspecified atom stereocenters. The molecule has 0 amide bonds. The molecule has 1 heterocycles. The molecule has 1 aliphatic rings. The summed E-state index contributed by atoms with van der Waals surface area (Å²) in [4.78, 5) is 14.3. The normalized spacial score (nSPS) is 16.7. The molecule has 3 heteroatoms. The molecule has 0 spiro atoms. The summed E-state index contributed by atoms with van der Waals surface area (Å²) in [7, 11) is 0. The summed E-state index contributed by atoms with van der Waals surface area (Å²) in [6.07, 6.45) is 1.88. The first-order chi connectivity index (χ1) is 8.14. The van der Waals surface area contributed by atoms with Gasteiger partial charge in [-0.3, -0.25) is 4.79 Å². The summed E-state index contributed by atoms with van der Waals surface area (Å²) in [5, 5.41) is 10.2. The number of hydrogen-bond donors (Lipinski definition) is 1. The fraction of sp³-hybridized carbons (Fsp3) is 0.286. The second kappa shape index (κ2) is 3.21. The standard InChI is InChI=1S/C14H12N2O/c1-9-6-10-7-11(14(8-15)4-5-14)2-3-12(10)16-13(9)17/h2-3,6-7H,4-5H2,1H3,(H,16,17). The van der Waals surface area contributed by atoms with Crippen LogP contribution in [-0.2, 0) is 5.41 Å². The summed E-state index contributed by atoms with van der Waals surface area (Å²) in [6.45, 7) is 1.79. The number of fused-ring (bicyclic) bond motifs is 1. The molecule has 2 aromatic rings. The zero-order valence-electron chi connectivity index (χ0n) is 9.58. The molecule has 1 N–H and O–H groups in total. The molecule has 0 atom stereocenters. The number of benzene rings is 1. The smallest absolute Gasteiger partial charge is 0.251 e. The highest BCUT2D eigenvalue weighted by Gasteiger charge is 2.44. The van der Waals surface area contributed by atoms with E-state index in [-0.39, 0.29) is 11.0 Å². The summed E-state index contributed by atoms with van der Waals surface area (Å²) in [6, 6.07) is 10.1. The first-order valence-electron chi connectivity index (χ1n) is 5.70. The Hall–Kier alpha value is -2.08. The number of nitrogens with zero attached hydrogens (tertiary/aromatic N) is 1. The third-order valence-electron chi connectivity index (χ3n) is 3.55. The quantitative estimate of drug-likeness (QED) is 0.808. The van der Waals surface area contributed by atoms with Gasteiger partial charge in [-0.15, -0.1) is 0 Å². The number of aryl methyl sites for hydroxylation is 1. The average molecular weight is 224 g/mol. The molecule has 0 saturated heterocycles. The average Bonchev–Trinajstić information content (AvgIpc) is 3.11. The van der Waals surface area contributed by atoms with Gasteiger partial charge in [0.2, 0.25) is 0 Å². The van der Waals surface area contributed by atoms with E-state index in [1.165, 1.54) is 0 Å². The number of nitriles is 1. The van der Waals surface area contributed by atoms with Crippen LogP contribution in [0.15, 0.2) is 29.1 Å². The Bertz CT molecular complexity index is 702. The van der Waals surface area contributed by atoms with Gasteiger partial charge in [0.1, 0.15) is 0 Å². The summed E-state index contributed by atoms with van der Waals surface area (Å²) in [5.74, 6) is 0. The van der Waals surface area contributed by atoms with Crippen LogP contribution in [0.2, 0.25) is 0 Å². The number of rotatable bonds is 1. The SMILES string of the molecule is Cc1cc2cc(C3(C#N)CC3)ccc2[nH]c1=O. The molecular weight excluding hydrogens is 212 g/mol. The first kappa shape index (κ1) is 10.1. The van der Waals surface area contributed by atoms with Gasteiger partial charge >= 0.3 is 0 Å². The minimum Gasteiger partial charge on any atom is -0.322 e. The Kier molecular flexibility index (Phi) is 1.90. The van der Waals surface area contributed by atoms with E-state index in [9.17, 15) is 10.1 Å². The van der Waals surface area contributed by atoms with Crippen LogP contribution in [0.3, 0.4) is 0 Å². The van der Waals surface area contributed by atoms with Gasteiger partial charge < -0.3 is 4.98 Å². The van der Waals surface area contributed by atoms with E-state index in [2.05, 4.69) is 11.1 Å². The highest BCUT2D eigenvalue weighted by Crippen LogP contribution is 2.47. The lowest BCUT2D eigenvalue weighted by atomic mass is 9.96. The second-order valence-electron chi connectivity index (χ2n) is 4.78. The minimum absolute atomic E-state index is 0.0494. The Morgan fingerprint density at radius 3 is 2.76 bits per heavy atom. The predicted octanol–water partition coefficient (Wildman–Crippen LogP) is 2.39. The third kappa shape index (κ3) is 1.45. The maximum Gasteiger partial charge on any atom is 0.251 e. The molecule has 1 fully saturated rings. The van der Waals surface area contributed by atoms with E-state index >= 15 is 0 Å². The van der Waals surface area contributed by atoms with Gasteiger partial charge in [-0.25, -0.2) is 0 Å². The fourth-order valence-corrected chi connectivity index (χ4v) is 2.20. The predicted molar refractivity (Wildman–Crippen MR) is 65.8 cm³/mol. The van der Waals surface area contributed by atoms with Crippen LogP contribution in [0.1, 0.15) is 24.0 Å². The van der Waals surface area contributed by atoms with Gasteiger partial charge in [0.25, 0.3) is 5.56 Å². The molecule has 3 rings (SSSR count). The van der Waals surface area contributed by atoms with Crippen LogP contribution in [0, 0.1) is 18.3 Å². The maximum absolute atomic E-state index is 11.5. The third-order valence-corrected chi connectivity index (χ3v) is 3.55. The number of aromatic nitrogens is 1. The van der Waals surface area contributed by atoms with E-state index < -0.39 is 0 Å². The molecule has 0 radical (unpaired) electrons. The molecule has 1 aromatic carbocycles. The topological polar surface area (TPSA) is 56.6 Å². The fourth-order valence-electron chi connectivity index (χ4n) is 2.20. The van der Waals surface area contributed by atoms with Crippen molar-refractivity contribution in [2.75, 3.05) is 0 Å². The molecule has 0 bridgehead atoms. The first-order valence-corrected chi connectivity index (χ1v) is 5.70. The number of aromatic amines is 1. The van der Waals surface area contributed by atoms with Crippen LogP contribution in [0.25, 0.3) is 10.9 Å². The van der Waals surface area contributed by atoms with Gasteiger partial charge in [0.05, 0.1) is 11.5 Å². The Morgan fingerprint density at radius 1 is 1.35 bits per heavy atom. The molecular formula is C14H12N2O. The van der Waals surface area contributed by atoms with Gasteiger partial charge in [0.15, 0.2) is 0 Å². The zero-order chi connectivity index (χ0) is 12.0. The van der Waals surface area contributed by atoms with E-state index in [0.717, 1.165) is 29.3 Å². The molecule has 0 aliphatic heterocycles. The maximum atomic E-state index is 11.5. The second-order valence-corrected chi connectivity index (χ2v) is 4.78. The Morgan fingerprint density at radius 2 is 2.12 bits per heavy atom. The number of pyridine rings is 1. The van der Waals surface area contributed by atoms with E-state index in [4.69, 9.17) is 0 Å². The van der Waals surface area contributed by atoms with Crippen molar-refractivity contribution >= 4 is 10.9 Å². The number of H-pyrrole nitrogens is 1. The van der Waals surface area contributed by atoms with Crippen molar-refractivity contribution in [2.45, 2.75) is 25.2 Å². The molecule has 17 heavy (non-hydrogen) atoms. The molecule has 1 aliphatic carbocycles.